The van der Waals surface area contributed by atoms with Crippen LogP contribution in [-0.2, 0) is 6.54 Å². The zero-order valence-electron chi connectivity index (χ0n) is 10.9. The van der Waals surface area contributed by atoms with Crippen LogP contribution in [0.5, 0.6) is 0 Å². The Bertz CT molecular complexity index is 781. The van der Waals surface area contributed by atoms with Crippen molar-refractivity contribution in [3.63, 3.8) is 0 Å². The number of alkyl halides is 1. The number of aromatic nitrogens is 2. The number of nitrogens with zero attached hydrogens (tertiary/aromatic N) is 3. The summed E-state index contributed by atoms with van der Waals surface area (Å²) in [6.07, 6.45) is 0. The first kappa shape index (κ1) is 13.2. The summed E-state index contributed by atoms with van der Waals surface area (Å²) >= 11 is 7.92. The van der Waals surface area contributed by atoms with Crippen LogP contribution in [0.4, 0.5) is 0 Å². The van der Waals surface area contributed by atoms with Gasteiger partial charge in [0.2, 0.25) is 0 Å². The third-order valence-electron chi connectivity index (χ3n) is 3.18. The van der Waals surface area contributed by atoms with Gasteiger partial charge in [-0.05, 0) is 47.5 Å². The monoisotopic (exact) mass is 301 g/mol. The molecule has 2 aromatic heterocycles. The van der Waals surface area contributed by atoms with E-state index in [-0.39, 0.29) is 5.38 Å². The zero-order valence-corrected chi connectivity index (χ0v) is 12.4. The smallest absolute Gasteiger partial charge is 0.128 e. The largest absolute Gasteiger partial charge is 0.322 e. The molecule has 20 heavy (non-hydrogen) atoms. The van der Waals surface area contributed by atoms with Crippen molar-refractivity contribution in [1.29, 1.82) is 5.26 Å². The molecule has 3 aromatic rings. The van der Waals surface area contributed by atoms with Gasteiger partial charge >= 0.3 is 0 Å². The minimum Gasteiger partial charge on any atom is -0.322 e. The first-order valence-corrected chi connectivity index (χ1v) is 7.62. The molecule has 0 spiro atoms. The minimum atomic E-state index is -0.174. The third-order valence-corrected chi connectivity index (χ3v) is 4.11. The van der Waals surface area contributed by atoms with E-state index < -0.39 is 0 Å². The number of halogens is 1. The molecule has 1 aromatic carbocycles. The molecule has 0 aliphatic heterocycles. The second kappa shape index (κ2) is 5.28. The molecule has 0 saturated carbocycles. The predicted molar refractivity (Wildman–Crippen MR) is 82.1 cm³/mol. The van der Waals surface area contributed by atoms with Crippen LogP contribution in [0.3, 0.4) is 0 Å². The molecule has 0 radical (unpaired) electrons. The van der Waals surface area contributed by atoms with Crippen molar-refractivity contribution < 1.29 is 0 Å². The van der Waals surface area contributed by atoms with E-state index in [1.165, 1.54) is 5.56 Å². The van der Waals surface area contributed by atoms with E-state index in [2.05, 4.69) is 32.4 Å². The van der Waals surface area contributed by atoms with Crippen LogP contribution in [0, 0.1) is 11.3 Å². The summed E-state index contributed by atoms with van der Waals surface area (Å²) in [5.74, 6) is 0.836. The van der Waals surface area contributed by atoms with Gasteiger partial charge in [-0.3, -0.25) is 0 Å². The van der Waals surface area contributed by atoms with Crippen molar-refractivity contribution in [1.82, 2.24) is 9.55 Å². The average molecular weight is 302 g/mol. The van der Waals surface area contributed by atoms with Gasteiger partial charge in [-0.25, -0.2) is 4.98 Å². The number of imidazole rings is 1. The maximum atomic E-state index is 9.06. The molecule has 100 valence electrons. The summed E-state index contributed by atoms with van der Waals surface area (Å²) in [5.41, 5.74) is 3.69. The first-order valence-electron chi connectivity index (χ1n) is 6.24. The van der Waals surface area contributed by atoms with Gasteiger partial charge in [0.15, 0.2) is 0 Å². The van der Waals surface area contributed by atoms with Crippen molar-refractivity contribution >= 4 is 34.0 Å². The molecule has 3 rings (SSSR count). The van der Waals surface area contributed by atoms with Crippen LogP contribution < -0.4 is 0 Å². The zero-order chi connectivity index (χ0) is 14.1. The Hall–Kier alpha value is -1.83. The summed E-state index contributed by atoms with van der Waals surface area (Å²) in [6, 6.07) is 9.80. The minimum absolute atomic E-state index is 0.174. The topological polar surface area (TPSA) is 41.6 Å². The van der Waals surface area contributed by atoms with Crippen molar-refractivity contribution in [3.05, 3.63) is 52.0 Å². The lowest BCUT2D eigenvalue weighted by molar-refractivity contribution is 0.744. The molecule has 0 saturated heterocycles. The number of hydrogen-bond donors (Lipinski definition) is 0. The van der Waals surface area contributed by atoms with E-state index in [4.69, 9.17) is 16.9 Å². The Balaban J connectivity index is 2.19. The van der Waals surface area contributed by atoms with Crippen LogP contribution >= 0.6 is 22.9 Å². The van der Waals surface area contributed by atoms with Crippen molar-refractivity contribution in [2.75, 3.05) is 0 Å². The Morgan fingerprint density at radius 1 is 1.45 bits per heavy atom. The molecular formula is C15H12ClN3S. The lowest BCUT2D eigenvalue weighted by Gasteiger charge is -2.09. The Morgan fingerprint density at radius 2 is 2.30 bits per heavy atom. The van der Waals surface area contributed by atoms with Crippen LogP contribution in [0.2, 0.25) is 0 Å². The SMILES string of the molecule is CC(Cl)c1nc2ccc(C#N)cc2n1Cc1ccsc1. The van der Waals surface area contributed by atoms with E-state index in [1.54, 1.807) is 17.4 Å². The number of benzene rings is 1. The number of hydrogen-bond acceptors (Lipinski definition) is 3. The second-order valence-corrected chi connectivity index (χ2v) is 6.05. The summed E-state index contributed by atoms with van der Waals surface area (Å²) in [7, 11) is 0. The van der Waals surface area contributed by atoms with E-state index in [1.807, 2.05) is 19.1 Å². The van der Waals surface area contributed by atoms with Crippen LogP contribution in [0.15, 0.2) is 35.0 Å². The summed E-state index contributed by atoms with van der Waals surface area (Å²) < 4.78 is 2.09. The highest BCUT2D eigenvalue weighted by Gasteiger charge is 2.15. The highest BCUT2D eigenvalue weighted by atomic mass is 35.5. The van der Waals surface area contributed by atoms with Crippen molar-refractivity contribution in [3.8, 4) is 6.07 Å². The maximum absolute atomic E-state index is 9.06. The molecule has 0 bridgehead atoms. The van der Waals surface area contributed by atoms with Gasteiger partial charge < -0.3 is 4.57 Å². The van der Waals surface area contributed by atoms with Gasteiger partial charge in [-0.1, -0.05) is 0 Å². The average Bonchev–Trinajstić information content (AvgIpc) is 3.07. The Morgan fingerprint density at radius 3 is 2.95 bits per heavy atom. The molecule has 0 aliphatic carbocycles. The Labute approximate surface area is 126 Å². The summed E-state index contributed by atoms with van der Waals surface area (Å²) in [4.78, 5) is 4.59. The van der Waals surface area contributed by atoms with Crippen molar-refractivity contribution in [2.45, 2.75) is 18.8 Å². The molecule has 5 heteroatoms. The lowest BCUT2D eigenvalue weighted by atomic mass is 10.2. The molecule has 0 fully saturated rings. The fourth-order valence-corrected chi connectivity index (χ4v) is 3.07. The van der Waals surface area contributed by atoms with Crippen molar-refractivity contribution in [2.24, 2.45) is 0 Å². The van der Waals surface area contributed by atoms with Gasteiger partial charge in [0.05, 0.1) is 34.6 Å². The molecule has 0 N–H and O–H groups in total. The van der Waals surface area contributed by atoms with Crippen LogP contribution in [-0.4, -0.2) is 9.55 Å². The van der Waals surface area contributed by atoms with Gasteiger partial charge in [0.1, 0.15) is 5.82 Å². The number of thiophene rings is 1. The lowest BCUT2D eigenvalue weighted by Crippen LogP contribution is -2.05. The molecule has 1 unspecified atom stereocenters. The second-order valence-electron chi connectivity index (χ2n) is 4.62. The fraction of sp³-hybridized carbons (Fsp3) is 0.200. The van der Waals surface area contributed by atoms with E-state index in [0.717, 1.165) is 23.4 Å². The Kier molecular flexibility index (Phi) is 3.47. The number of rotatable bonds is 3. The molecular weight excluding hydrogens is 290 g/mol. The van der Waals surface area contributed by atoms with Gasteiger partial charge in [-0.2, -0.15) is 16.6 Å². The molecule has 3 nitrogen and oxygen atoms in total. The number of nitriles is 1. The standard InChI is InChI=1S/C15H12ClN3S/c1-10(16)15-18-13-3-2-11(7-17)6-14(13)19(15)8-12-4-5-20-9-12/h2-6,9-10H,8H2,1H3. The van der Waals surface area contributed by atoms with Gasteiger partial charge in [0.25, 0.3) is 0 Å². The van der Waals surface area contributed by atoms with Crippen LogP contribution in [0.25, 0.3) is 11.0 Å². The van der Waals surface area contributed by atoms with Gasteiger partial charge in [-0.15, -0.1) is 11.6 Å². The highest BCUT2D eigenvalue weighted by molar-refractivity contribution is 7.07. The van der Waals surface area contributed by atoms with E-state index in [9.17, 15) is 0 Å². The van der Waals surface area contributed by atoms with Crippen LogP contribution in [0.1, 0.15) is 29.3 Å². The molecule has 2 heterocycles. The van der Waals surface area contributed by atoms with E-state index >= 15 is 0 Å². The highest BCUT2D eigenvalue weighted by Crippen LogP contribution is 2.26. The van der Waals surface area contributed by atoms with Gasteiger partial charge in [0, 0.05) is 0 Å². The summed E-state index contributed by atoms with van der Waals surface area (Å²) in [6.45, 7) is 2.64. The fourth-order valence-electron chi connectivity index (χ4n) is 2.25. The van der Waals surface area contributed by atoms with E-state index in [0.29, 0.717) is 5.56 Å². The number of fused-ring (bicyclic) bond motifs is 1. The quantitative estimate of drug-likeness (QED) is 0.676. The predicted octanol–water partition coefficient (Wildman–Crippen LogP) is 4.32. The summed E-state index contributed by atoms with van der Waals surface area (Å²) in [5, 5.41) is 13.1. The molecule has 1 atom stereocenters. The molecule has 0 aliphatic rings. The molecule has 0 amide bonds. The third kappa shape index (κ3) is 2.31. The first-order chi connectivity index (χ1) is 9.69. The normalized spacial score (nSPS) is 12.4. The maximum Gasteiger partial charge on any atom is 0.128 e.